The number of ether oxygens (including phenoxy) is 1. The van der Waals surface area contributed by atoms with Crippen molar-refractivity contribution in [2.75, 3.05) is 7.11 Å². The normalized spacial score (nSPS) is 14.7. The number of nitrogens with one attached hydrogen (secondary N) is 2. The SMILES string of the molecule is COc1ccc(Cl)cc1C1=C([C](=O)[In][C](=N)SC(=N)C#CC2CC2)C=CC=C=C1. The summed E-state index contributed by atoms with van der Waals surface area (Å²) in [4.78, 5) is 13.1. The standard InChI is InChI=1S/C15H10ClO2.C7H7N2S.In/c1-18-15-8-7-12(16)9-14(15)13-6-4-2-3-5-11(13)10-17;8-5-10-7(9)4-3-6-1-2-6;/h2-3,5-9H,1H3;6,8-9H,1-2H2;. The van der Waals surface area contributed by atoms with Gasteiger partial charge in [-0.3, -0.25) is 0 Å². The molecule has 1 saturated carbocycles. The van der Waals surface area contributed by atoms with E-state index in [1.807, 2.05) is 0 Å². The number of carbonyl (C=O) groups excluding carboxylic acids is 1. The van der Waals surface area contributed by atoms with E-state index in [0.717, 1.165) is 24.6 Å². The van der Waals surface area contributed by atoms with E-state index in [1.54, 1.807) is 49.6 Å². The van der Waals surface area contributed by atoms with E-state index in [0.29, 0.717) is 33.4 Å². The first kappa shape index (κ1) is 21.8. The van der Waals surface area contributed by atoms with Crippen LogP contribution in [-0.4, -0.2) is 41.4 Å². The summed E-state index contributed by atoms with van der Waals surface area (Å²) in [6.45, 7) is 0. The zero-order chi connectivity index (χ0) is 20.8. The van der Waals surface area contributed by atoms with Gasteiger partial charge in [-0.25, -0.2) is 0 Å². The number of halogens is 1. The molecule has 1 aromatic carbocycles. The Kier molecular flexibility index (Phi) is 7.69. The van der Waals surface area contributed by atoms with Crippen molar-refractivity contribution in [2.24, 2.45) is 5.92 Å². The van der Waals surface area contributed by atoms with Gasteiger partial charge in [0.05, 0.1) is 0 Å². The van der Waals surface area contributed by atoms with Crippen LogP contribution in [0.25, 0.3) is 5.57 Å². The van der Waals surface area contributed by atoms with Crippen molar-refractivity contribution in [3.8, 4) is 17.6 Å². The number of benzene rings is 1. The zero-order valence-corrected chi connectivity index (χ0v) is 20.6. The van der Waals surface area contributed by atoms with E-state index in [4.69, 9.17) is 27.2 Å². The molecule has 143 valence electrons. The molecular weight excluding hydrogens is 507 g/mol. The summed E-state index contributed by atoms with van der Waals surface area (Å²) in [7, 11) is 1.57. The quantitative estimate of drug-likeness (QED) is 0.255. The van der Waals surface area contributed by atoms with Crippen LogP contribution in [0.15, 0.2) is 53.8 Å². The third-order valence-electron chi connectivity index (χ3n) is 4.13. The second kappa shape index (κ2) is 10.2. The number of methoxy groups -OCH3 is 1. The number of hydrogen-bond donors (Lipinski definition) is 2. The van der Waals surface area contributed by atoms with E-state index in [1.165, 1.54) is 0 Å². The van der Waals surface area contributed by atoms with Crippen LogP contribution in [0.1, 0.15) is 18.4 Å². The molecule has 2 aliphatic carbocycles. The summed E-state index contributed by atoms with van der Waals surface area (Å²) in [5, 5.41) is 16.8. The first-order valence-corrected chi connectivity index (χ1v) is 13.4. The third-order valence-corrected chi connectivity index (χ3v) is 9.08. The number of hydrogen-bond acceptors (Lipinski definition) is 5. The molecule has 0 bridgehead atoms. The van der Waals surface area contributed by atoms with E-state index in [-0.39, 0.29) is 11.4 Å². The fourth-order valence-corrected chi connectivity index (χ4v) is 7.22. The van der Waals surface area contributed by atoms with Crippen LogP contribution >= 0.6 is 23.4 Å². The molecule has 1 fully saturated rings. The van der Waals surface area contributed by atoms with Gasteiger partial charge in [0.15, 0.2) is 0 Å². The van der Waals surface area contributed by atoms with Crippen LogP contribution in [0, 0.1) is 28.6 Å². The molecule has 7 heteroatoms. The Morgan fingerprint density at radius 2 is 2.17 bits per heavy atom. The monoisotopic (exact) mass is 523 g/mol. The Bertz CT molecular complexity index is 1070. The predicted octanol–water partition coefficient (Wildman–Crippen LogP) is 4.67. The Morgan fingerprint density at radius 1 is 1.38 bits per heavy atom. The van der Waals surface area contributed by atoms with Gasteiger partial charge in [-0.2, -0.15) is 0 Å². The van der Waals surface area contributed by atoms with Crippen molar-refractivity contribution in [1.82, 2.24) is 0 Å². The first-order chi connectivity index (χ1) is 14.0. The average molecular weight is 524 g/mol. The summed E-state index contributed by atoms with van der Waals surface area (Å²) in [5.74, 6) is 6.82. The minimum atomic E-state index is -2.11. The summed E-state index contributed by atoms with van der Waals surface area (Å²) in [5.41, 5.74) is 4.94. The van der Waals surface area contributed by atoms with Gasteiger partial charge >= 0.3 is 191 Å². The van der Waals surface area contributed by atoms with Crippen molar-refractivity contribution in [2.45, 2.75) is 12.8 Å². The molecule has 2 N–H and O–H groups in total. The number of rotatable bonds is 5. The molecule has 0 heterocycles. The Morgan fingerprint density at radius 3 is 2.90 bits per heavy atom. The first-order valence-electron chi connectivity index (χ1n) is 8.91. The van der Waals surface area contributed by atoms with Crippen molar-refractivity contribution in [3.63, 3.8) is 0 Å². The van der Waals surface area contributed by atoms with Crippen LogP contribution in [0.3, 0.4) is 0 Å². The number of allylic oxidation sites excluding steroid dienone is 5. The maximum absolute atomic E-state index is 13.1. The van der Waals surface area contributed by atoms with Crippen LogP contribution < -0.4 is 4.74 Å². The van der Waals surface area contributed by atoms with Gasteiger partial charge in [-0.15, -0.1) is 0 Å². The number of thioether (sulfide) groups is 1. The van der Waals surface area contributed by atoms with E-state index in [9.17, 15) is 4.79 Å². The van der Waals surface area contributed by atoms with Gasteiger partial charge in [-0.1, -0.05) is 0 Å². The van der Waals surface area contributed by atoms with Crippen LogP contribution in [-0.2, 0) is 4.79 Å². The van der Waals surface area contributed by atoms with Crippen LogP contribution in [0.5, 0.6) is 5.75 Å². The molecule has 0 spiro atoms. The Balaban J connectivity index is 1.84. The Labute approximate surface area is 190 Å². The average Bonchev–Trinajstić information content (AvgIpc) is 3.52. The molecule has 3 rings (SSSR count). The van der Waals surface area contributed by atoms with Crippen molar-refractivity contribution >= 4 is 63.2 Å². The van der Waals surface area contributed by atoms with Gasteiger partial charge in [0.1, 0.15) is 0 Å². The second-order valence-corrected chi connectivity index (χ2v) is 13.0. The summed E-state index contributed by atoms with van der Waals surface area (Å²) in [6.07, 6.45) is 9.16. The molecule has 1 aromatic rings. The minimum absolute atomic E-state index is 0.0396. The fraction of sp³-hybridized carbons (Fsp3) is 0.182. The van der Waals surface area contributed by atoms with Crippen LogP contribution in [0.4, 0.5) is 0 Å². The maximum atomic E-state index is 13.1. The summed E-state index contributed by atoms with van der Waals surface area (Å²) < 4.78 is 5.69. The second-order valence-electron chi connectivity index (χ2n) is 6.36. The predicted molar refractivity (Wildman–Crippen MR) is 121 cm³/mol. The molecule has 0 amide bonds. The molecule has 4 nitrogen and oxygen atoms in total. The fourth-order valence-electron chi connectivity index (χ4n) is 2.58. The van der Waals surface area contributed by atoms with E-state index < -0.39 is 22.9 Å². The summed E-state index contributed by atoms with van der Waals surface area (Å²) >= 11 is 5.07. The van der Waals surface area contributed by atoms with Crippen LogP contribution in [0.2, 0.25) is 5.02 Å². The van der Waals surface area contributed by atoms with Gasteiger partial charge in [0.25, 0.3) is 0 Å². The van der Waals surface area contributed by atoms with Gasteiger partial charge < -0.3 is 0 Å². The molecule has 1 radical (unpaired) electrons. The topological polar surface area (TPSA) is 74.0 Å². The van der Waals surface area contributed by atoms with Gasteiger partial charge in [0.2, 0.25) is 0 Å². The zero-order valence-electron chi connectivity index (χ0n) is 15.7. The molecule has 0 aromatic heterocycles. The summed E-state index contributed by atoms with van der Waals surface area (Å²) in [6, 6.07) is 5.26. The molecule has 0 unspecified atom stereocenters. The van der Waals surface area contributed by atoms with Crippen molar-refractivity contribution < 1.29 is 9.53 Å². The van der Waals surface area contributed by atoms with Gasteiger partial charge in [-0.05, 0) is 0 Å². The Hall–Kier alpha value is -1.90. The van der Waals surface area contributed by atoms with Crippen molar-refractivity contribution in [3.05, 3.63) is 64.4 Å². The van der Waals surface area contributed by atoms with Crippen molar-refractivity contribution in [1.29, 1.82) is 10.8 Å². The van der Waals surface area contributed by atoms with E-state index in [2.05, 4.69) is 17.6 Å². The van der Waals surface area contributed by atoms with Gasteiger partial charge in [0, 0.05) is 0 Å². The molecule has 2 aliphatic rings. The molecular formula is C22H17ClInN2O2S. The third kappa shape index (κ3) is 6.29. The molecule has 0 atom stereocenters. The molecule has 29 heavy (non-hydrogen) atoms. The molecule has 0 saturated heterocycles. The number of carbonyl (C=O) groups is 1. The van der Waals surface area contributed by atoms with E-state index >= 15 is 0 Å². The molecule has 0 aliphatic heterocycles.